The Bertz CT molecular complexity index is 1420. The average molecular weight is 487 g/mol. The highest BCUT2D eigenvalue weighted by Crippen LogP contribution is 2.27. The van der Waals surface area contributed by atoms with Crippen LogP contribution in [0.25, 0.3) is 33.7 Å². The molecule has 5 heterocycles. The van der Waals surface area contributed by atoms with E-state index < -0.39 is 0 Å². The molecule has 8 nitrogen and oxygen atoms in total. The molecule has 9 heteroatoms. The highest BCUT2D eigenvalue weighted by molar-refractivity contribution is 7.09. The zero-order chi connectivity index (χ0) is 24.2. The van der Waals surface area contributed by atoms with Gasteiger partial charge >= 0.3 is 0 Å². The van der Waals surface area contributed by atoms with Gasteiger partial charge in [-0.2, -0.15) is 5.10 Å². The van der Waals surface area contributed by atoms with Gasteiger partial charge in [-0.1, -0.05) is 0 Å². The van der Waals surface area contributed by atoms with Crippen molar-refractivity contribution in [3.8, 4) is 22.7 Å². The van der Waals surface area contributed by atoms with E-state index >= 15 is 0 Å². The van der Waals surface area contributed by atoms with Crippen LogP contribution in [-0.2, 0) is 6.42 Å². The van der Waals surface area contributed by atoms with E-state index in [0.29, 0.717) is 29.2 Å². The van der Waals surface area contributed by atoms with Gasteiger partial charge in [0.25, 0.3) is 5.91 Å². The summed E-state index contributed by atoms with van der Waals surface area (Å²) in [6.07, 6.45) is 9.58. The second-order valence-electron chi connectivity index (χ2n) is 8.53. The Morgan fingerprint density at radius 3 is 2.83 bits per heavy atom. The van der Waals surface area contributed by atoms with E-state index in [1.54, 1.807) is 36.1 Å². The molecule has 0 atom stereocenters. The van der Waals surface area contributed by atoms with Crippen molar-refractivity contribution in [2.24, 2.45) is 0 Å². The first-order valence-electron chi connectivity index (χ1n) is 11.7. The van der Waals surface area contributed by atoms with Crippen molar-refractivity contribution in [1.82, 2.24) is 30.0 Å². The number of rotatable bonds is 9. The molecule has 0 aliphatic carbocycles. The maximum atomic E-state index is 13.1. The summed E-state index contributed by atoms with van der Waals surface area (Å²) in [5.41, 5.74) is 3.83. The topological polar surface area (TPSA) is 98.7 Å². The van der Waals surface area contributed by atoms with Crippen molar-refractivity contribution in [2.75, 3.05) is 6.54 Å². The Kier molecular flexibility index (Phi) is 6.67. The monoisotopic (exact) mass is 486 g/mol. The van der Waals surface area contributed by atoms with E-state index in [2.05, 4.69) is 20.8 Å². The van der Waals surface area contributed by atoms with E-state index in [1.165, 1.54) is 0 Å². The number of pyridine rings is 2. The lowest BCUT2D eigenvalue weighted by Crippen LogP contribution is -2.25. The molecule has 178 valence electrons. The molecule has 5 rings (SSSR count). The Labute approximate surface area is 207 Å². The molecule has 0 aliphatic heterocycles. The van der Waals surface area contributed by atoms with Gasteiger partial charge < -0.3 is 9.73 Å². The number of nitrogens with one attached hydrogen (secondary N) is 1. The van der Waals surface area contributed by atoms with Crippen LogP contribution >= 0.6 is 11.3 Å². The van der Waals surface area contributed by atoms with Crippen LogP contribution in [0.4, 0.5) is 0 Å². The third-order valence-electron chi connectivity index (χ3n) is 5.69. The van der Waals surface area contributed by atoms with Crippen LogP contribution < -0.4 is 5.32 Å². The van der Waals surface area contributed by atoms with Crippen molar-refractivity contribution in [3.63, 3.8) is 0 Å². The van der Waals surface area contributed by atoms with Crippen molar-refractivity contribution in [1.29, 1.82) is 0 Å². The molecule has 0 saturated heterocycles. The van der Waals surface area contributed by atoms with Crippen LogP contribution in [-0.4, -0.2) is 37.2 Å². The van der Waals surface area contributed by atoms with Crippen LogP contribution in [0.3, 0.4) is 0 Å². The normalized spacial score (nSPS) is 11.4. The Morgan fingerprint density at radius 2 is 2.06 bits per heavy atom. The van der Waals surface area contributed by atoms with E-state index in [1.807, 2.05) is 49.0 Å². The average Bonchev–Trinajstić information content (AvgIpc) is 3.64. The van der Waals surface area contributed by atoms with Crippen LogP contribution in [0.15, 0.2) is 65.0 Å². The lowest BCUT2D eigenvalue weighted by atomic mass is 10.1. The van der Waals surface area contributed by atoms with Crippen molar-refractivity contribution in [3.05, 3.63) is 71.1 Å². The number of hydrogen-bond donors (Lipinski definition) is 1. The molecular weight excluding hydrogens is 460 g/mol. The van der Waals surface area contributed by atoms with Crippen molar-refractivity contribution < 1.29 is 9.21 Å². The largest absolute Gasteiger partial charge is 0.463 e. The number of unbranched alkanes of at least 4 members (excludes halogenated alkanes) is 1. The lowest BCUT2D eigenvalue weighted by Gasteiger charge is -2.10. The molecule has 0 saturated carbocycles. The van der Waals surface area contributed by atoms with Gasteiger partial charge in [0.05, 0.1) is 34.1 Å². The molecule has 0 unspecified atom stereocenters. The standard InChI is InChI=1S/C26H26N6O2S/c1-17(2)32-25-20(15-29-32)19(13-21(31-25)23-8-6-12-34-23)26(33)28-11-4-3-9-24-30-22(16-35-24)18-7-5-10-27-14-18/h5-8,10,12-17H,3-4,9,11H2,1-2H3,(H,28,33). The summed E-state index contributed by atoms with van der Waals surface area (Å²) < 4.78 is 7.36. The van der Waals surface area contributed by atoms with Crippen molar-refractivity contribution >= 4 is 28.3 Å². The number of aromatic nitrogens is 5. The maximum Gasteiger partial charge on any atom is 0.252 e. The minimum absolute atomic E-state index is 0.118. The highest BCUT2D eigenvalue weighted by atomic mass is 32.1. The minimum atomic E-state index is -0.137. The number of furan rings is 1. The molecule has 35 heavy (non-hydrogen) atoms. The zero-order valence-corrected chi connectivity index (χ0v) is 20.5. The predicted molar refractivity (Wildman–Crippen MR) is 136 cm³/mol. The number of fused-ring (bicyclic) bond motifs is 1. The summed E-state index contributed by atoms with van der Waals surface area (Å²) >= 11 is 1.66. The molecule has 0 radical (unpaired) electrons. The summed E-state index contributed by atoms with van der Waals surface area (Å²) in [5.74, 6) is 0.480. The van der Waals surface area contributed by atoms with Gasteiger partial charge in [-0.05, 0) is 63.4 Å². The number of thiazole rings is 1. The van der Waals surface area contributed by atoms with Gasteiger partial charge in [-0.25, -0.2) is 14.6 Å². The first kappa shape index (κ1) is 22.9. The van der Waals surface area contributed by atoms with Crippen molar-refractivity contribution in [2.45, 2.75) is 39.2 Å². The fourth-order valence-electron chi connectivity index (χ4n) is 3.91. The SMILES string of the molecule is CC(C)n1ncc2c(C(=O)NCCCCc3nc(-c4cccnc4)cs3)cc(-c3ccco3)nc21. The second-order valence-corrected chi connectivity index (χ2v) is 9.48. The van der Waals surface area contributed by atoms with Gasteiger partial charge in [0, 0.05) is 35.9 Å². The second kappa shape index (κ2) is 10.2. The minimum Gasteiger partial charge on any atom is -0.463 e. The number of carbonyl (C=O) groups excluding carboxylic acids is 1. The van der Waals surface area contributed by atoms with Crippen LogP contribution in [0, 0.1) is 0 Å². The molecule has 0 spiro atoms. The number of nitrogens with zero attached hydrogens (tertiary/aromatic N) is 5. The molecule has 5 aromatic rings. The third-order valence-corrected chi connectivity index (χ3v) is 6.59. The van der Waals surface area contributed by atoms with E-state index in [4.69, 9.17) is 14.4 Å². The first-order chi connectivity index (χ1) is 17.1. The fourth-order valence-corrected chi connectivity index (χ4v) is 4.75. The number of aryl methyl sites for hydroxylation is 1. The summed E-state index contributed by atoms with van der Waals surface area (Å²) in [7, 11) is 0. The summed E-state index contributed by atoms with van der Waals surface area (Å²) in [6.45, 7) is 4.66. The Hall–Kier alpha value is -3.85. The Morgan fingerprint density at radius 1 is 1.14 bits per heavy atom. The summed E-state index contributed by atoms with van der Waals surface area (Å²) in [5, 5.41) is 11.4. The van der Waals surface area contributed by atoms with E-state index in [0.717, 1.165) is 40.9 Å². The Balaban J connectivity index is 1.23. The van der Waals surface area contributed by atoms with Crippen LogP contribution in [0.1, 0.15) is 48.1 Å². The van der Waals surface area contributed by atoms with Gasteiger partial charge in [0.1, 0.15) is 5.69 Å². The molecule has 0 aliphatic rings. The number of hydrogen-bond acceptors (Lipinski definition) is 7. The van der Waals surface area contributed by atoms with E-state index in [-0.39, 0.29) is 11.9 Å². The van der Waals surface area contributed by atoms with Gasteiger partial charge in [-0.3, -0.25) is 9.78 Å². The molecule has 1 amide bonds. The molecule has 5 aromatic heterocycles. The maximum absolute atomic E-state index is 13.1. The van der Waals surface area contributed by atoms with Crippen LogP contribution in [0.5, 0.6) is 0 Å². The number of amides is 1. The summed E-state index contributed by atoms with van der Waals surface area (Å²) in [4.78, 5) is 26.7. The smallest absolute Gasteiger partial charge is 0.252 e. The third kappa shape index (κ3) is 5.00. The predicted octanol–water partition coefficient (Wildman–Crippen LogP) is 5.54. The lowest BCUT2D eigenvalue weighted by molar-refractivity contribution is 0.0954. The molecule has 0 aromatic carbocycles. The first-order valence-corrected chi connectivity index (χ1v) is 12.5. The molecule has 0 fully saturated rings. The van der Waals surface area contributed by atoms with Gasteiger partial charge in [0.2, 0.25) is 0 Å². The fraction of sp³-hybridized carbons (Fsp3) is 0.269. The highest BCUT2D eigenvalue weighted by Gasteiger charge is 2.19. The van der Waals surface area contributed by atoms with Crippen LogP contribution in [0.2, 0.25) is 0 Å². The van der Waals surface area contributed by atoms with Gasteiger partial charge in [-0.15, -0.1) is 11.3 Å². The quantitative estimate of drug-likeness (QED) is 0.275. The molecule has 0 bridgehead atoms. The molecule has 1 N–H and O–H groups in total. The van der Waals surface area contributed by atoms with Gasteiger partial charge in [0.15, 0.2) is 11.4 Å². The number of carbonyl (C=O) groups is 1. The zero-order valence-electron chi connectivity index (χ0n) is 19.6. The van der Waals surface area contributed by atoms with E-state index in [9.17, 15) is 4.79 Å². The summed E-state index contributed by atoms with van der Waals surface area (Å²) in [6, 6.07) is 9.47. The molecular formula is C26H26N6O2S.